The van der Waals surface area contributed by atoms with Gasteiger partial charge >= 0.3 is 0 Å². The molecule has 0 aromatic heterocycles. The van der Waals surface area contributed by atoms with Crippen molar-refractivity contribution < 1.29 is 0 Å². The van der Waals surface area contributed by atoms with E-state index in [0.717, 1.165) is 13.1 Å². The molecular weight excluding hydrogens is 246 g/mol. The summed E-state index contributed by atoms with van der Waals surface area (Å²) < 4.78 is 0. The minimum atomic E-state index is 0.398. The number of hydrogen-bond acceptors (Lipinski definition) is 3. The van der Waals surface area contributed by atoms with E-state index >= 15 is 0 Å². The Morgan fingerprint density at radius 3 is 2.45 bits per heavy atom. The van der Waals surface area contributed by atoms with Gasteiger partial charge in [-0.2, -0.15) is 0 Å². The average Bonchev–Trinajstić information content (AvgIpc) is 2.98. The molecule has 1 aromatic carbocycles. The van der Waals surface area contributed by atoms with Crippen LogP contribution in [-0.2, 0) is 0 Å². The molecule has 0 amide bonds. The van der Waals surface area contributed by atoms with Crippen LogP contribution in [-0.4, -0.2) is 49.7 Å². The normalized spacial score (nSPS) is 27.9. The van der Waals surface area contributed by atoms with Crippen molar-refractivity contribution >= 4 is 5.69 Å². The van der Waals surface area contributed by atoms with Crippen molar-refractivity contribution in [1.82, 2.24) is 10.2 Å². The highest BCUT2D eigenvalue weighted by Gasteiger charge is 2.34. The van der Waals surface area contributed by atoms with Gasteiger partial charge in [0.25, 0.3) is 0 Å². The monoisotopic (exact) mass is 273 g/mol. The van der Waals surface area contributed by atoms with Gasteiger partial charge in [-0.15, -0.1) is 0 Å². The van der Waals surface area contributed by atoms with Gasteiger partial charge in [0, 0.05) is 44.0 Å². The Labute approximate surface area is 123 Å². The second-order valence-corrected chi connectivity index (χ2v) is 6.26. The zero-order valence-corrected chi connectivity index (χ0v) is 12.6. The molecule has 1 aromatic rings. The molecule has 2 heterocycles. The molecule has 3 rings (SSSR count). The van der Waals surface area contributed by atoms with Gasteiger partial charge in [0.1, 0.15) is 0 Å². The van der Waals surface area contributed by atoms with E-state index in [2.05, 4.69) is 52.4 Å². The first-order valence-corrected chi connectivity index (χ1v) is 8.09. The minimum Gasteiger partial charge on any atom is -0.369 e. The van der Waals surface area contributed by atoms with E-state index in [9.17, 15) is 0 Å². The van der Waals surface area contributed by atoms with Crippen LogP contribution in [0, 0.1) is 0 Å². The molecule has 3 heteroatoms. The summed E-state index contributed by atoms with van der Waals surface area (Å²) in [6.45, 7) is 9.47. The maximum absolute atomic E-state index is 3.75. The summed E-state index contributed by atoms with van der Waals surface area (Å²) in [5, 5.41) is 3.75. The van der Waals surface area contributed by atoms with E-state index in [0.29, 0.717) is 5.54 Å². The predicted molar refractivity (Wildman–Crippen MR) is 85.4 cm³/mol. The lowest BCUT2D eigenvalue weighted by Crippen LogP contribution is -2.55. The van der Waals surface area contributed by atoms with Gasteiger partial charge in [-0.25, -0.2) is 0 Å². The summed E-state index contributed by atoms with van der Waals surface area (Å²) in [6.07, 6.45) is 3.95. The Morgan fingerprint density at radius 1 is 1.10 bits per heavy atom. The topological polar surface area (TPSA) is 18.5 Å². The van der Waals surface area contributed by atoms with E-state index in [1.54, 1.807) is 0 Å². The summed E-state index contributed by atoms with van der Waals surface area (Å²) in [6, 6.07) is 10.8. The Morgan fingerprint density at radius 2 is 1.85 bits per heavy atom. The number of nitrogens with zero attached hydrogens (tertiary/aromatic N) is 2. The number of piperazine rings is 1. The molecule has 1 atom stereocenters. The van der Waals surface area contributed by atoms with Gasteiger partial charge in [-0.05, 0) is 37.9 Å². The molecule has 0 aliphatic carbocycles. The van der Waals surface area contributed by atoms with E-state index < -0.39 is 0 Å². The van der Waals surface area contributed by atoms with Crippen molar-refractivity contribution in [3.05, 3.63) is 30.3 Å². The lowest BCUT2D eigenvalue weighted by atomic mass is 9.93. The summed E-state index contributed by atoms with van der Waals surface area (Å²) in [4.78, 5) is 5.17. The molecule has 20 heavy (non-hydrogen) atoms. The number of nitrogens with one attached hydrogen (secondary N) is 1. The standard InChI is InChI=1S/C17H27N3/c1-2-17(9-6-10-18-17)15-19-11-13-20(14-12-19)16-7-4-3-5-8-16/h3-5,7-8,18H,2,6,9-15H2,1H3. The highest BCUT2D eigenvalue weighted by molar-refractivity contribution is 5.46. The third kappa shape index (κ3) is 2.99. The van der Waals surface area contributed by atoms with Gasteiger partial charge in [0.15, 0.2) is 0 Å². The largest absolute Gasteiger partial charge is 0.369 e. The first-order valence-electron chi connectivity index (χ1n) is 8.09. The van der Waals surface area contributed by atoms with Crippen LogP contribution in [0.4, 0.5) is 5.69 Å². The maximum Gasteiger partial charge on any atom is 0.0367 e. The number of rotatable bonds is 4. The molecule has 0 spiro atoms. The molecule has 3 nitrogen and oxygen atoms in total. The highest BCUT2D eigenvalue weighted by atomic mass is 15.3. The Balaban J connectivity index is 1.54. The summed E-state index contributed by atoms with van der Waals surface area (Å²) >= 11 is 0. The van der Waals surface area contributed by atoms with Gasteiger partial charge in [-0.1, -0.05) is 25.1 Å². The zero-order valence-electron chi connectivity index (χ0n) is 12.6. The van der Waals surface area contributed by atoms with E-state index in [4.69, 9.17) is 0 Å². The van der Waals surface area contributed by atoms with E-state index in [-0.39, 0.29) is 0 Å². The van der Waals surface area contributed by atoms with Crippen LogP contribution in [0.25, 0.3) is 0 Å². The summed E-state index contributed by atoms with van der Waals surface area (Å²) in [5.74, 6) is 0. The van der Waals surface area contributed by atoms with Crippen LogP contribution >= 0.6 is 0 Å². The third-order valence-corrected chi connectivity index (χ3v) is 5.03. The molecule has 110 valence electrons. The van der Waals surface area contributed by atoms with Crippen LogP contribution in [0.1, 0.15) is 26.2 Å². The fraction of sp³-hybridized carbons (Fsp3) is 0.647. The minimum absolute atomic E-state index is 0.398. The molecule has 1 unspecified atom stereocenters. The molecule has 2 fully saturated rings. The second-order valence-electron chi connectivity index (χ2n) is 6.26. The smallest absolute Gasteiger partial charge is 0.0367 e. The molecule has 1 N–H and O–H groups in total. The Hall–Kier alpha value is -1.06. The first-order chi connectivity index (χ1) is 9.81. The van der Waals surface area contributed by atoms with Crippen LogP contribution < -0.4 is 10.2 Å². The predicted octanol–water partition coefficient (Wildman–Crippen LogP) is 2.34. The fourth-order valence-corrected chi connectivity index (χ4v) is 3.65. The van der Waals surface area contributed by atoms with Gasteiger partial charge in [-0.3, -0.25) is 4.90 Å². The van der Waals surface area contributed by atoms with Gasteiger partial charge in [0.05, 0.1) is 0 Å². The first kappa shape index (κ1) is 13.9. The van der Waals surface area contributed by atoms with Crippen LogP contribution in [0.5, 0.6) is 0 Å². The van der Waals surface area contributed by atoms with Crippen molar-refractivity contribution in [2.75, 3.05) is 44.2 Å². The molecule has 2 aliphatic rings. The Bertz CT molecular complexity index is 404. The number of benzene rings is 1. The van der Waals surface area contributed by atoms with Crippen LogP contribution in [0.3, 0.4) is 0 Å². The molecule has 0 radical (unpaired) electrons. The Kier molecular flexibility index (Phi) is 4.27. The number of hydrogen-bond donors (Lipinski definition) is 1. The lowest BCUT2D eigenvalue weighted by molar-refractivity contribution is 0.179. The number of para-hydroxylation sites is 1. The van der Waals surface area contributed by atoms with Crippen molar-refractivity contribution in [3.63, 3.8) is 0 Å². The van der Waals surface area contributed by atoms with Gasteiger partial charge in [0.2, 0.25) is 0 Å². The highest BCUT2D eigenvalue weighted by Crippen LogP contribution is 2.25. The van der Waals surface area contributed by atoms with Gasteiger partial charge < -0.3 is 10.2 Å². The van der Waals surface area contributed by atoms with Crippen molar-refractivity contribution in [2.45, 2.75) is 31.7 Å². The molecule has 2 saturated heterocycles. The third-order valence-electron chi connectivity index (χ3n) is 5.03. The maximum atomic E-state index is 3.75. The van der Waals surface area contributed by atoms with Crippen LogP contribution in [0.2, 0.25) is 0 Å². The van der Waals surface area contributed by atoms with Crippen LogP contribution in [0.15, 0.2) is 30.3 Å². The lowest BCUT2D eigenvalue weighted by Gasteiger charge is -2.41. The van der Waals surface area contributed by atoms with E-state index in [1.165, 1.54) is 51.1 Å². The van der Waals surface area contributed by atoms with Crippen molar-refractivity contribution in [1.29, 1.82) is 0 Å². The molecule has 0 bridgehead atoms. The second kappa shape index (κ2) is 6.15. The molecular formula is C17H27N3. The molecule has 2 aliphatic heterocycles. The average molecular weight is 273 g/mol. The SMILES string of the molecule is CCC1(CN2CCN(c3ccccc3)CC2)CCCN1. The summed E-state index contributed by atoms with van der Waals surface area (Å²) in [7, 11) is 0. The summed E-state index contributed by atoms with van der Waals surface area (Å²) in [5.41, 5.74) is 1.77. The van der Waals surface area contributed by atoms with Crippen molar-refractivity contribution in [3.8, 4) is 0 Å². The van der Waals surface area contributed by atoms with E-state index in [1.807, 2.05) is 0 Å². The zero-order chi connectivity index (χ0) is 13.8. The number of anilines is 1. The fourth-order valence-electron chi connectivity index (χ4n) is 3.65. The van der Waals surface area contributed by atoms with Crippen molar-refractivity contribution in [2.24, 2.45) is 0 Å². The quantitative estimate of drug-likeness (QED) is 0.908. The molecule has 0 saturated carbocycles.